The normalized spacial score (nSPS) is 14.5. The molecular weight excluding hydrogens is 616 g/mol. The van der Waals surface area contributed by atoms with Crippen molar-refractivity contribution in [3.05, 3.63) is 82.0 Å². The highest BCUT2D eigenvalue weighted by Crippen LogP contribution is 2.36. The molecule has 0 radical (unpaired) electrons. The van der Waals surface area contributed by atoms with Crippen LogP contribution < -0.4 is 15.6 Å². The Hall–Kier alpha value is -3.91. The minimum atomic E-state index is -5.08. The van der Waals surface area contributed by atoms with Crippen LogP contribution in [0.4, 0.5) is 17.6 Å². The van der Waals surface area contributed by atoms with Crippen LogP contribution in [0.5, 0.6) is 5.75 Å². The number of hydrogen-bond acceptors (Lipinski definition) is 7. The highest BCUT2D eigenvalue weighted by atomic mass is 32.2. The van der Waals surface area contributed by atoms with E-state index in [-0.39, 0.29) is 30.4 Å². The number of nitrogens with one attached hydrogen (secondary N) is 1. The zero-order valence-corrected chi connectivity index (χ0v) is 25.2. The largest absolute Gasteiger partial charge is 0.494 e. The van der Waals surface area contributed by atoms with Crippen LogP contribution in [-0.2, 0) is 22.6 Å². The van der Waals surface area contributed by atoms with Crippen LogP contribution >= 0.6 is 11.8 Å². The van der Waals surface area contributed by atoms with E-state index in [2.05, 4.69) is 5.32 Å². The van der Waals surface area contributed by atoms with E-state index in [4.69, 9.17) is 19.6 Å². The molecule has 2 N–H and O–H groups in total. The molecule has 0 bridgehead atoms. The van der Waals surface area contributed by atoms with Crippen LogP contribution in [0.1, 0.15) is 43.4 Å². The number of alkyl halides is 3. The van der Waals surface area contributed by atoms with Crippen molar-refractivity contribution in [3.8, 4) is 11.4 Å². The van der Waals surface area contributed by atoms with Crippen molar-refractivity contribution >= 4 is 23.6 Å². The summed E-state index contributed by atoms with van der Waals surface area (Å²) in [6.45, 7) is 2.30. The predicted octanol–water partition coefficient (Wildman–Crippen LogP) is 4.98. The third-order valence-corrected chi connectivity index (χ3v) is 8.53. The summed E-state index contributed by atoms with van der Waals surface area (Å²) in [6, 6.07) is 15.6. The maximum Gasteiger partial charge on any atom is 0.490 e. The van der Waals surface area contributed by atoms with Crippen molar-refractivity contribution in [1.82, 2.24) is 19.8 Å². The van der Waals surface area contributed by atoms with Gasteiger partial charge in [0.15, 0.2) is 5.16 Å². The number of para-hydroxylation sites is 1. The maximum atomic E-state index is 13.7. The van der Waals surface area contributed by atoms with Gasteiger partial charge in [-0.15, -0.1) is 0 Å². The van der Waals surface area contributed by atoms with Crippen LogP contribution in [0.15, 0.2) is 64.5 Å². The fourth-order valence-corrected chi connectivity index (χ4v) is 5.89. The first-order chi connectivity index (χ1) is 21.5. The van der Waals surface area contributed by atoms with Gasteiger partial charge < -0.3 is 20.1 Å². The summed E-state index contributed by atoms with van der Waals surface area (Å²) in [6.07, 6.45) is 0.718. The molecule has 2 aliphatic rings. The lowest BCUT2D eigenvalue weighted by molar-refractivity contribution is -0.192. The Bertz CT molecular complexity index is 1500. The van der Waals surface area contributed by atoms with Crippen LogP contribution in [0.25, 0.3) is 5.69 Å². The number of thioether (sulfide) groups is 1. The quantitative estimate of drug-likeness (QED) is 0.170. The van der Waals surface area contributed by atoms with Crippen molar-refractivity contribution in [2.75, 3.05) is 26.2 Å². The lowest BCUT2D eigenvalue weighted by Crippen LogP contribution is -2.44. The number of carboxylic acids is 1. The zero-order valence-electron chi connectivity index (χ0n) is 24.4. The number of aromatic nitrogens is 2. The molecular formula is C31H34F4N4O5S. The number of hydrogen-bond donors (Lipinski definition) is 2. The molecule has 1 aliphatic heterocycles. The van der Waals surface area contributed by atoms with E-state index in [1.165, 1.54) is 18.6 Å². The first kappa shape index (κ1) is 34.0. The van der Waals surface area contributed by atoms with Gasteiger partial charge in [-0.1, -0.05) is 36.4 Å². The molecule has 0 atom stereocenters. The molecule has 0 spiro atoms. The summed E-state index contributed by atoms with van der Waals surface area (Å²) in [5.74, 6) is -2.41. The Morgan fingerprint density at radius 1 is 1.07 bits per heavy atom. The summed E-state index contributed by atoms with van der Waals surface area (Å²) in [4.78, 5) is 42.2. The van der Waals surface area contributed by atoms with Gasteiger partial charge in [0.25, 0.3) is 5.56 Å². The molecule has 2 heterocycles. The van der Waals surface area contributed by atoms with Crippen molar-refractivity contribution in [2.24, 2.45) is 0 Å². The number of unbranched alkanes of at least 4 members (excludes halogenated alkanes) is 1. The Morgan fingerprint density at radius 2 is 1.76 bits per heavy atom. The second kappa shape index (κ2) is 15.9. The highest BCUT2D eigenvalue weighted by Gasteiger charge is 2.38. The topological polar surface area (TPSA) is 114 Å². The average molecular weight is 651 g/mol. The summed E-state index contributed by atoms with van der Waals surface area (Å²) in [5, 5.41) is 11.6. The molecule has 0 saturated heterocycles. The van der Waals surface area contributed by atoms with Gasteiger partial charge in [-0.25, -0.2) is 14.2 Å². The van der Waals surface area contributed by atoms with Crippen LogP contribution in [0.3, 0.4) is 0 Å². The van der Waals surface area contributed by atoms with Crippen LogP contribution in [-0.4, -0.2) is 69.1 Å². The number of aliphatic carboxylic acids is 1. The number of fused-ring (bicyclic) bond motifs is 1. The Balaban J connectivity index is 0.000000591. The van der Waals surface area contributed by atoms with E-state index in [1.807, 2.05) is 30.3 Å². The van der Waals surface area contributed by atoms with Crippen molar-refractivity contribution < 1.29 is 37.0 Å². The van der Waals surface area contributed by atoms with Gasteiger partial charge in [0, 0.05) is 18.2 Å². The minimum Gasteiger partial charge on any atom is -0.494 e. The van der Waals surface area contributed by atoms with Gasteiger partial charge in [0.2, 0.25) is 5.91 Å². The van der Waals surface area contributed by atoms with E-state index in [0.29, 0.717) is 42.7 Å². The van der Waals surface area contributed by atoms with E-state index in [1.54, 1.807) is 33.4 Å². The number of nitrogens with zero attached hydrogens (tertiary/aromatic N) is 3. The summed E-state index contributed by atoms with van der Waals surface area (Å²) >= 11 is 1.70. The number of ether oxygens (including phenoxy) is 1. The zero-order chi connectivity index (χ0) is 32.4. The molecule has 3 aromatic rings. The Kier molecular flexibility index (Phi) is 12.0. The standard InChI is InChI=1S/C29H33FN4O3S.C2HF3O2/c30-21-11-13-23(14-12-21)37-18-5-4-16-31-19-27(35)33-17-15-26-25(20-33)28(36)34(22-7-2-1-3-8-22)29(32-26)38-24-9-6-10-24;3-2(4,5)1(6)7/h1-3,7-8,11-14,24,31H,4-6,9-10,15-20H2;(H,6,7). The smallest absolute Gasteiger partial charge is 0.490 e. The molecule has 2 aromatic carbocycles. The van der Waals surface area contributed by atoms with Gasteiger partial charge in [0.1, 0.15) is 11.6 Å². The summed E-state index contributed by atoms with van der Waals surface area (Å²) in [7, 11) is 0. The first-order valence-electron chi connectivity index (χ1n) is 14.6. The fraction of sp³-hybridized carbons (Fsp3) is 0.419. The van der Waals surface area contributed by atoms with E-state index in [9.17, 15) is 27.2 Å². The van der Waals surface area contributed by atoms with E-state index >= 15 is 0 Å². The van der Waals surface area contributed by atoms with Gasteiger partial charge in [-0.2, -0.15) is 13.2 Å². The number of carboxylic acid groups (broad SMARTS) is 1. The maximum absolute atomic E-state index is 13.7. The van der Waals surface area contributed by atoms with Gasteiger partial charge >= 0.3 is 12.1 Å². The number of halogens is 4. The molecule has 9 nitrogen and oxygen atoms in total. The second-order valence-corrected chi connectivity index (χ2v) is 11.8. The molecule has 1 amide bonds. The number of rotatable bonds is 11. The van der Waals surface area contributed by atoms with Crippen molar-refractivity contribution in [1.29, 1.82) is 0 Å². The van der Waals surface area contributed by atoms with E-state index in [0.717, 1.165) is 42.2 Å². The summed E-state index contributed by atoms with van der Waals surface area (Å²) in [5.41, 5.74) is 2.17. The molecule has 1 aromatic heterocycles. The number of amides is 1. The molecule has 242 valence electrons. The number of carbonyl (C=O) groups excluding carboxylic acids is 1. The highest BCUT2D eigenvalue weighted by molar-refractivity contribution is 7.99. The van der Waals surface area contributed by atoms with Gasteiger partial charge in [-0.3, -0.25) is 14.2 Å². The SMILES string of the molecule is O=C(CNCCCCOc1ccc(F)cc1)N1CCc2nc(SC3CCC3)n(-c3ccccc3)c(=O)c2C1.O=C(O)C(F)(F)F. The molecule has 14 heteroatoms. The second-order valence-electron chi connectivity index (χ2n) is 10.5. The minimum absolute atomic E-state index is 0.0169. The Morgan fingerprint density at radius 3 is 2.38 bits per heavy atom. The van der Waals surface area contributed by atoms with Crippen LogP contribution in [0.2, 0.25) is 0 Å². The number of carbonyl (C=O) groups is 2. The average Bonchev–Trinajstić information content (AvgIpc) is 2.99. The lowest BCUT2D eigenvalue weighted by Gasteiger charge is -2.30. The molecule has 1 aliphatic carbocycles. The fourth-order valence-electron chi connectivity index (χ4n) is 4.57. The third kappa shape index (κ3) is 9.79. The monoisotopic (exact) mass is 650 g/mol. The molecule has 1 saturated carbocycles. The van der Waals surface area contributed by atoms with Gasteiger partial charge in [0.05, 0.1) is 36.6 Å². The third-order valence-electron chi connectivity index (χ3n) is 7.24. The molecule has 1 fully saturated rings. The van der Waals surface area contributed by atoms with Crippen molar-refractivity contribution in [2.45, 2.75) is 61.7 Å². The lowest BCUT2D eigenvalue weighted by atomic mass is 10.0. The summed E-state index contributed by atoms with van der Waals surface area (Å²) < 4.78 is 52.0. The molecule has 5 rings (SSSR count). The molecule has 0 unspecified atom stereocenters. The predicted molar refractivity (Wildman–Crippen MR) is 160 cm³/mol. The van der Waals surface area contributed by atoms with Gasteiger partial charge in [-0.05, 0) is 68.6 Å². The number of benzene rings is 2. The van der Waals surface area contributed by atoms with Crippen molar-refractivity contribution in [3.63, 3.8) is 0 Å². The van der Waals surface area contributed by atoms with E-state index < -0.39 is 12.1 Å². The Labute approximate surface area is 261 Å². The first-order valence-corrected chi connectivity index (χ1v) is 15.4. The molecule has 45 heavy (non-hydrogen) atoms. The van der Waals surface area contributed by atoms with Crippen LogP contribution in [0, 0.1) is 5.82 Å².